The van der Waals surface area contributed by atoms with E-state index in [1.807, 2.05) is 0 Å². The van der Waals surface area contributed by atoms with Crippen molar-refractivity contribution in [2.75, 3.05) is 21.3 Å². The van der Waals surface area contributed by atoms with E-state index in [2.05, 4.69) is 0 Å². The third-order valence-electron chi connectivity index (χ3n) is 3.33. The van der Waals surface area contributed by atoms with Gasteiger partial charge in [0.15, 0.2) is 11.5 Å². The van der Waals surface area contributed by atoms with E-state index in [9.17, 15) is 9.18 Å². The van der Waals surface area contributed by atoms with E-state index < -0.39 is 23.2 Å². The van der Waals surface area contributed by atoms with Gasteiger partial charge in [-0.2, -0.15) is 0 Å². The number of nitrogens with two attached hydrogens (primary N) is 1. The predicted molar refractivity (Wildman–Crippen MR) is 79.5 cm³/mol. The Morgan fingerprint density at radius 3 is 2.10 bits per heavy atom. The van der Waals surface area contributed by atoms with Crippen molar-refractivity contribution in [2.24, 2.45) is 11.1 Å². The Morgan fingerprint density at radius 1 is 1.19 bits per heavy atom. The Balaban J connectivity index is 0.00000400. The topological polar surface area (TPSA) is 70.8 Å². The molecule has 1 aromatic rings. The molecule has 0 unspecified atom stereocenters. The Labute approximate surface area is 130 Å². The number of hydrogen-bond acceptors (Lipinski definition) is 5. The Hall–Kier alpha value is -1.53. The van der Waals surface area contributed by atoms with Crippen LogP contribution in [0.25, 0.3) is 0 Å². The number of carbonyl (C=O) groups excluding carboxylic acids is 1. The Morgan fingerprint density at radius 2 is 1.67 bits per heavy atom. The lowest BCUT2D eigenvalue weighted by molar-refractivity contribution is -0.152. The van der Waals surface area contributed by atoms with Crippen LogP contribution in [0.3, 0.4) is 0 Å². The molecule has 2 N–H and O–H groups in total. The summed E-state index contributed by atoms with van der Waals surface area (Å²) in [6, 6.07) is 1.74. The highest BCUT2D eigenvalue weighted by Crippen LogP contribution is 2.38. The smallest absolute Gasteiger partial charge is 0.313 e. The molecule has 0 bridgehead atoms. The van der Waals surface area contributed by atoms with Gasteiger partial charge in [0.25, 0.3) is 0 Å². The zero-order valence-corrected chi connectivity index (χ0v) is 13.5. The van der Waals surface area contributed by atoms with Gasteiger partial charge >= 0.3 is 5.97 Å². The standard InChI is InChI=1S/C14H20FNO4.ClH/c1-14(2,13(17)20-5)12(16)8-6-10(18-3)11(19-4)7-9(8)15;/h6-7,12H,16H2,1-5H3;1H/t12-;/m0./s1. The molecule has 1 aromatic carbocycles. The molecule has 0 aromatic heterocycles. The fraction of sp³-hybridized carbons (Fsp3) is 0.500. The Kier molecular flexibility index (Phi) is 6.93. The summed E-state index contributed by atoms with van der Waals surface area (Å²) in [6.45, 7) is 3.19. The number of rotatable bonds is 5. The number of halogens is 2. The lowest BCUT2D eigenvalue weighted by Crippen LogP contribution is -2.37. The molecule has 7 heteroatoms. The molecule has 0 fully saturated rings. The van der Waals surface area contributed by atoms with Gasteiger partial charge in [-0.15, -0.1) is 12.4 Å². The molecule has 0 saturated carbocycles. The van der Waals surface area contributed by atoms with Crippen LogP contribution < -0.4 is 15.2 Å². The van der Waals surface area contributed by atoms with Crippen LogP contribution in [0.1, 0.15) is 25.5 Å². The molecule has 5 nitrogen and oxygen atoms in total. The average molecular weight is 322 g/mol. The van der Waals surface area contributed by atoms with E-state index in [1.54, 1.807) is 13.8 Å². The highest BCUT2D eigenvalue weighted by molar-refractivity contribution is 5.85. The van der Waals surface area contributed by atoms with Gasteiger partial charge in [-0.05, 0) is 19.9 Å². The first-order valence-electron chi connectivity index (χ1n) is 6.05. The van der Waals surface area contributed by atoms with Gasteiger partial charge in [0.2, 0.25) is 0 Å². The number of esters is 1. The molecule has 21 heavy (non-hydrogen) atoms. The third kappa shape index (κ3) is 3.77. The SMILES string of the molecule is COC(=O)C(C)(C)[C@@H](N)c1cc(OC)c(OC)cc1F.Cl. The molecule has 0 radical (unpaired) electrons. The summed E-state index contributed by atoms with van der Waals surface area (Å²) in [5.41, 5.74) is 5.12. The van der Waals surface area contributed by atoms with E-state index in [1.165, 1.54) is 33.5 Å². The van der Waals surface area contributed by atoms with Crippen LogP contribution in [-0.4, -0.2) is 27.3 Å². The van der Waals surface area contributed by atoms with Crippen molar-refractivity contribution in [1.82, 2.24) is 0 Å². The summed E-state index contributed by atoms with van der Waals surface area (Å²) in [5.74, 6) is -0.469. The first-order chi connectivity index (χ1) is 9.29. The van der Waals surface area contributed by atoms with Crippen molar-refractivity contribution < 1.29 is 23.4 Å². The van der Waals surface area contributed by atoms with Gasteiger partial charge < -0.3 is 19.9 Å². The number of hydrogen-bond donors (Lipinski definition) is 1. The van der Waals surface area contributed by atoms with Crippen molar-refractivity contribution >= 4 is 18.4 Å². The second kappa shape index (κ2) is 7.47. The fourth-order valence-electron chi connectivity index (χ4n) is 1.89. The fourth-order valence-corrected chi connectivity index (χ4v) is 1.89. The minimum atomic E-state index is -1.07. The molecule has 0 aliphatic carbocycles. The van der Waals surface area contributed by atoms with E-state index in [0.717, 1.165) is 0 Å². The maximum atomic E-state index is 14.1. The molecule has 1 rings (SSSR count). The molecule has 1 atom stereocenters. The second-order valence-corrected chi connectivity index (χ2v) is 4.92. The number of carbonyl (C=O) groups is 1. The van der Waals surface area contributed by atoms with Crippen LogP contribution in [0.2, 0.25) is 0 Å². The minimum Gasteiger partial charge on any atom is -0.493 e. The lowest BCUT2D eigenvalue weighted by Gasteiger charge is -2.29. The Bertz CT molecular complexity index is 508. The van der Waals surface area contributed by atoms with Gasteiger partial charge in [0, 0.05) is 17.7 Å². The maximum Gasteiger partial charge on any atom is 0.313 e. The van der Waals surface area contributed by atoms with E-state index in [0.29, 0.717) is 5.75 Å². The van der Waals surface area contributed by atoms with E-state index >= 15 is 0 Å². The highest BCUT2D eigenvalue weighted by atomic mass is 35.5. The van der Waals surface area contributed by atoms with Crippen molar-refractivity contribution in [3.8, 4) is 11.5 Å². The van der Waals surface area contributed by atoms with Crippen molar-refractivity contribution in [1.29, 1.82) is 0 Å². The van der Waals surface area contributed by atoms with Crippen LogP contribution in [0.5, 0.6) is 11.5 Å². The average Bonchev–Trinajstić information content (AvgIpc) is 2.44. The maximum absolute atomic E-state index is 14.1. The number of benzene rings is 1. The summed E-state index contributed by atoms with van der Waals surface area (Å²) in [7, 11) is 4.12. The third-order valence-corrected chi connectivity index (χ3v) is 3.33. The zero-order chi connectivity index (χ0) is 15.5. The van der Waals surface area contributed by atoms with Crippen molar-refractivity contribution in [2.45, 2.75) is 19.9 Å². The molecule has 0 spiro atoms. The molecule has 0 heterocycles. The van der Waals surface area contributed by atoms with Crippen LogP contribution in [0, 0.1) is 11.2 Å². The number of ether oxygens (including phenoxy) is 3. The first kappa shape index (κ1) is 19.5. The van der Waals surface area contributed by atoms with Gasteiger partial charge in [-0.25, -0.2) is 4.39 Å². The molecular weight excluding hydrogens is 301 g/mol. The molecule has 0 aliphatic rings. The van der Waals surface area contributed by atoms with Gasteiger partial charge in [0.1, 0.15) is 5.82 Å². The highest BCUT2D eigenvalue weighted by Gasteiger charge is 2.38. The van der Waals surface area contributed by atoms with Crippen molar-refractivity contribution in [3.05, 3.63) is 23.5 Å². The summed E-state index contributed by atoms with van der Waals surface area (Å²) in [5, 5.41) is 0. The van der Waals surface area contributed by atoms with E-state index in [4.69, 9.17) is 19.9 Å². The molecular formula is C14H21ClFNO4. The quantitative estimate of drug-likeness (QED) is 0.844. The molecule has 0 amide bonds. The van der Waals surface area contributed by atoms with Crippen LogP contribution in [0.4, 0.5) is 4.39 Å². The van der Waals surface area contributed by atoms with Gasteiger partial charge in [-0.1, -0.05) is 0 Å². The van der Waals surface area contributed by atoms with Gasteiger partial charge in [-0.3, -0.25) is 4.79 Å². The van der Waals surface area contributed by atoms with Gasteiger partial charge in [0.05, 0.1) is 26.7 Å². The predicted octanol–water partition coefficient (Wildman–Crippen LogP) is 2.46. The normalized spacial score (nSPS) is 12.1. The van der Waals surface area contributed by atoms with Crippen LogP contribution in [-0.2, 0) is 9.53 Å². The van der Waals surface area contributed by atoms with Crippen LogP contribution >= 0.6 is 12.4 Å². The minimum absolute atomic E-state index is 0. The summed E-state index contributed by atoms with van der Waals surface area (Å²) in [6.07, 6.45) is 0. The largest absolute Gasteiger partial charge is 0.493 e. The summed E-state index contributed by atoms with van der Waals surface area (Å²) in [4.78, 5) is 11.8. The molecule has 120 valence electrons. The summed E-state index contributed by atoms with van der Waals surface area (Å²) < 4.78 is 29.0. The first-order valence-corrected chi connectivity index (χ1v) is 6.05. The van der Waals surface area contributed by atoms with Crippen molar-refractivity contribution in [3.63, 3.8) is 0 Å². The van der Waals surface area contributed by atoms with Crippen LogP contribution in [0.15, 0.2) is 12.1 Å². The zero-order valence-electron chi connectivity index (χ0n) is 12.7. The molecule has 0 aliphatic heterocycles. The second-order valence-electron chi connectivity index (χ2n) is 4.92. The van der Waals surface area contributed by atoms with E-state index in [-0.39, 0.29) is 23.7 Å². The number of methoxy groups -OCH3 is 3. The lowest BCUT2D eigenvalue weighted by atomic mass is 9.80. The summed E-state index contributed by atoms with van der Waals surface area (Å²) >= 11 is 0. The monoisotopic (exact) mass is 321 g/mol. The molecule has 0 saturated heterocycles.